The number of imide groups is 2. The molecule has 84 valence electrons. The summed E-state index contributed by atoms with van der Waals surface area (Å²) in [5.41, 5.74) is -1.04. The van der Waals surface area contributed by atoms with Gasteiger partial charge >= 0.3 is 6.03 Å². The standard InChI is InChI=1S/C10H16N2O3/c1-4-6-10(5-2)7(13)11-9(15)12(3)8(10)14/h4-6H2,1-3H3,(H,11,13,15)/t10-/m1/s1. The van der Waals surface area contributed by atoms with Gasteiger partial charge in [-0.2, -0.15) is 0 Å². The van der Waals surface area contributed by atoms with Crippen molar-refractivity contribution in [1.82, 2.24) is 10.2 Å². The lowest BCUT2D eigenvalue weighted by molar-refractivity contribution is -0.151. The zero-order valence-corrected chi connectivity index (χ0v) is 9.29. The van der Waals surface area contributed by atoms with Crippen LogP contribution in [0.5, 0.6) is 0 Å². The van der Waals surface area contributed by atoms with E-state index in [1.165, 1.54) is 7.05 Å². The molecule has 4 amide bonds. The number of barbiturate groups is 1. The molecular formula is C10H16N2O3. The van der Waals surface area contributed by atoms with Crippen LogP contribution in [-0.2, 0) is 9.59 Å². The Morgan fingerprint density at radius 3 is 2.33 bits per heavy atom. The zero-order chi connectivity index (χ0) is 11.6. The van der Waals surface area contributed by atoms with Crippen molar-refractivity contribution in [3.63, 3.8) is 0 Å². The molecule has 0 aromatic rings. The van der Waals surface area contributed by atoms with Crippen LogP contribution in [0.4, 0.5) is 4.79 Å². The average Bonchev–Trinajstić information content (AvgIpc) is 2.21. The van der Waals surface area contributed by atoms with Crippen LogP contribution < -0.4 is 5.32 Å². The fourth-order valence-corrected chi connectivity index (χ4v) is 1.95. The first-order valence-corrected chi connectivity index (χ1v) is 5.13. The third-order valence-corrected chi connectivity index (χ3v) is 2.95. The maximum atomic E-state index is 11.9. The Labute approximate surface area is 88.8 Å². The lowest BCUT2D eigenvalue weighted by Gasteiger charge is -2.37. The Balaban J connectivity index is 3.09. The van der Waals surface area contributed by atoms with Crippen LogP contribution in [0.25, 0.3) is 0 Å². The van der Waals surface area contributed by atoms with Gasteiger partial charge in [0, 0.05) is 7.05 Å². The molecule has 5 heteroatoms. The highest BCUT2D eigenvalue weighted by molar-refractivity contribution is 6.18. The van der Waals surface area contributed by atoms with Crippen LogP contribution in [0.2, 0.25) is 0 Å². The van der Waals surface area contributed by atoms with Gasteiger partial charge in [0.05, 0.1) is 0 Å². The molecule has 0 spiro atoms. The number of rotatable bonds is 3. The van der Waals surface area contributed by atoms with Gasteiger partial charge in [0.15, 0.2) is 0 Å². The van der Waals surface area contributed by atoms with E-state index >= 15 is 0 Å². The third kappa shape index (κ3) is 1.62. The quantitative estimate of drug-likeness (QED) is 0.706. The lowest BCUT2D eigenvalue weighted by Crippen LogP contribution is -2.62. The predicted octanol–water partition coefficient (Wildman–Crippen LogP) is 0.891. The van der Waals surface area contributed by atoms with Gasteiger partial charge in [0.25, 0.3) is 0 Å². The van der Waals surface area contributed by atoms with Crippen molar-refractivity contribution in [2.24, 2.45) is 5.41 Å². The number of hydrogen-bond donors (Lipinski definition) is 1. The second kappa shape index (κ2) is 4.00. The Kier molecular flexibility index (Phi) is 3.12. The normalized spacial score (nSPS) is 26.9. The van der Waals surface area contributed by atoms with E-state index < -0.39 is 17.4 Å². The maximum Gasteiger partial charge on any atom is 0.330 e. The molecule has 5 nitrogen and oxygen atoms in total. The van der Waals surface area contributed by atoms with E-state index in [1.807, 2.05) is 6.92 Å². The summed E-state index contributed by atoms with van der Waals surface area (Å²) in [5, 5.41) is 2.21. The highest BCUT2D eigenvalue weighted by Gasteiger charge is 2.50. The fraction of sp³-hybridized carbons (Fsp3) is 0.700. The Bertz CT molecular complexity index is 314. The van der Waals surface area contributed by atoms with Gasteiger partial charge in [0.2, 0.25) is 11.8 Å². The van der Waals surface area contributed by atoms with Crippen LogP contribution in [0, 0.1) is 5.41 Å². The summed E-state index contributed by atoms with van der Waals surface area (Å²) in [6, 6.07) is -0.634. The lowest BCUT2D eigenvalue weighted by atomic mass is 9.77. The molecule has 0 unspecified atom stereocenters. The summed E-state index contributed by atoms with van der Waals surface area (Å²) in [5.74, 6) is -0.847. The largest absolute Gasteiger partial charge is 0.330 e. The Morgan fingerprint density at radius 1 is 1.27 bits per heavy atom. The second-order valence-corrected chi connectivity index (χ2v) is 3.81. The van der Waals surface area contributed by atoms with Crippen LogP contribution in [0.15, 0.2) is 0 Å². The molecule has 0 aromatic carbocycles. The van der Waals surface area contributed by atoms with Gasteiger partial charge < -0.3 is 0 Å². The topological polar surface area (TPSA) is 66.5 Å². The summed E-state index contributed by atoms with van der Waals surface area (Å²) in [6.07, 6.45) is 1.63. The molecule has 1 heterocycles. The number of urea groups is 1. The van der Waals surface area contributed by atoms with Crippen LogP contribution in [0.3, 0.4) is 0 Å². The molecule has 0 saturated carbocycles. The average molecular weight is 212 g/mol. The van der Waals surface area contributed by atoms with Gasteiger partial charge in [-0.25, -0.2) is 4.79 Å². The minimum atomic E-state index is -1.04. The van der Waals surface area contributed by atoms with Crippen molar-refractivity contribution in [2.75, 3.05) is 7.05 Å². The second-order valence-electron chi connectivity index (χ2n) is 3.81. The van der Waals surface area contributed by atoms with Gasteiger partial charge in [-0.3, -0.25) is 19.8 Å². The molecular weight excluding hydrogens is 196 g/mol. The van der Waals surface area contributed by atoms with E-state index in [0.29, 0.717) is 12.8 Å². The Hall–Kier alpha value is -1.39. The Morgan fingerprint density at radius 2 is 1.87 bits per heavy atom. The SMILES string of the molecule is CCC[C@]1(CC)C(=O)NC(=O)N(C)C1=O. The highest BCUT2D eigenvalue weighted by atomic mass is 16.2. The molecule has 0 bridgehead atoms. The third-order valence-electron chi connectivity index (χ3n) is 2.95. The molecule has 1 rings (SSSR count). The smallest absolute Gasteiger partial charge is 0.277 e. The maximum absolute atomic E-state index is 11.9. The summed E-state index contributed by atoms with van der Waals surface area (Å²) < 4.78 is 0. The number of amides is 4. The van der Waals surface area contributed by atoms with Crippen molar-refractivity contribution in [1.29, 1.82) is 0 Å². The molecule has 0 aromatic heterocycles. The van der Waals surface area contributed by atoms with E-state index in [9.17, 15) is 14.4 Å². The first-order valence-electron chi connectivity index (χ1n) is 5.13. The van der Waals surface area contributed by atoms with Crippen LogP contribution in [-0.4, -0.2) is 29.8 Å². The number of carbonyl (C=O) groups is 3. The molecule has 1 aliphatic heterocycles. The minimum Gasteiger partial charge on any atom is -0.277 e. The first kappa shape index (κ1) is 11.7. The van der Waals surface area contributed by atoms with Crippen molar-refractivity contribution in [3.8, 4) is 0 Å². The number of carbonyl (C=O) groups excluding carboxylic acids is 3. The van der Waals surface area contributed by atoms with Gasteiger partial charge in [-0.15, -0.1) is 0 Å². The first-order chi connectivity index (χ1) is 6.99. The number of nitrogens with one attached hydrogen (secondary N) is 1. The monoisotopic (exact) mass is 212 g/mol. The number of hydrogen-bond acceptors (Lipinski definition) is 3. The molecule has 0 radical (unpaired) electrons. The molecule has 15 heavy (non-hydrogen) atoms. The summed E-state index contributed by atoms with van der Waals surface area (Å²) >= 11 is 0. The van der Waals surface area contributed by atoms with Gasteiger partial charge in [-0.1, -0.05) is 20.3 Å². The van der Waals surface area contributed by atoms with Gasteiger partial charge in [0.1, 0.15) is 5.41 Å². The van der Waals surface area contributed by atoms with E-state index in [4.69, 9.17) is 0 Å². The highest BCUT2D eigenvalue weighted by Crippen LogP contribution is 2.33. The van der Waals surface area contributed by atoms with Crippen molar-refractivity contribution < 1.29 is 14.4 Å². The van der Waals surface area contributed by atoms with E-state index in [1.54, 1.807) is 6.92 Å². The minimum absolute atomic E-state index is 0.388. The summed E-state index contributed by atoms with van der Waals surface area (Å²) in [6.45, 7) is 3.70. The van der Waals surface area contributed by atoms with Crippen molar-refractivity contribution in [3.05, 3.63) is 0 Å². The summed E-state index contributed by atoms with van der Waals surface area (Å²) in [7, 11) is 1.39. The molecule has 1 aliphatic rings. The zero-order valence-electron chi connectivity index (χ0n) is 9.29. The molecule has 1 N–H and O–H groups in total. The van der Waals surface area contributed by atoms with Crippen LogP contribution >= 0.6 is 0 Å². The summed E-state index contributed by atoms with van der Waals surface area (Å²) in [4.78, 5) is 35.8. The van der Waals surface area contributed by atoms with Crippen LogP contribution in [0.1, 0.15) is 33.1 Å². The van der Waals surface area contributed by atoms with Crippen molar-refractivity contribution in [2.45, 2.75) is 33.1 Å². The predicted molar refractivity (Wildman–Crippen MR) is 53.9 cm³/mol. The number of nitrogens with zero attached hydrogens (tertiary/aromatic N) is 1. The fourth-order valence-electron chi connectivity index (χ4n) is 1.95. The van der Waals surface area contributed by atoms with Gasteiger partial charge in [-0.05, 0) is 12.8 Å². The molecule has 0 aliphatic carbocycles. The van der Waals surface area contributed by atoms with Crippen molar-refractivity contribution >= 4 is 17.8 Å². The molecule has 1 fully saturated rings. The molecule has 1 saturated heterocycles. The van der Waals surface area contributed by atoms with E-state index in [-0.39, 0.29) is 5.91 Å². The molecule has 1 atom stereocenters. The van der Waals surface area contributed by atoms with E-state index in [2.05, 4.69) is 5.32 Å². The van der Waals surface area contributed by atoms with E-state index in [0.717, 1.165) is 11.3 Å².